The van der Waals surface area contributed by atoms with Crippen LogP contribution in [0, 0.1) is 6.92 Å². The molecule has 76 valence electrons. The number of H-pyrrole nitrogens is 1. The van der Waals surface area contributed by atoms with Crippen molar-refractivity contribution >= 4 is 17.4 Å². The third kappa shape index (κ3) is 2.05. The number of imidazole rings is 1. The minimum absolute atomic E-state index is 0.139. The van der Waals surface area contributed by atoms with Crippen LogP contribution in [0.3, 0.4) is 0 Å². The van der Waals surface area contributed by atoms with Crippen molar-refractivity contribution in [2.24, 2.45) is 0 Å². The topological polar surface area (TPSA) is 58.6 Å². The summed E-state index contributed by atoms with van der Waals surface area (Å²) in [5.74, 6) is 0.569. The summed E-state index contributed by atoms with van der Waals surface area (Å²) in [6.07, 6.45) is 2.95. The van der Waals surface area contributed by atoms with Gasteiger partial charge in [-0.1, -0.05) is 11.6 Å². The molecule has 0 aliphatic heterocycles. The third-order valence-electron chi connectivity index (χ3n) is 1.94. The molecule has 0 saturated carbocycles. The highest BCUT2D eigenvalue weighted by atomic mass is 35.5. The third-order valence-corrected chi connectivity index (χ3v) is 2.16. The number of aromatic nitrogens is 3. The second-order valence-electron chi connectivity index (χ2n) is 3.08. The van der Waals surface area contributed by atoms with Crippen molar-refractivity contribution in [3.05, 3.63) is 46.8 Å². The van der Waals surface area contributed by atoms with E-state index in [1.54, 1.807) is 19.1 Å². The molecule has 0 unspecified atom stereocenters. The van der Waals surface area contributed by atoms with Gasteiger partial charge in [-0.2, -0.15) is 0 Å². The van der Waals surface area contributed by atoms with Crippen LogP contribution in [0.2, 0.25) is 5.15 Å². The highest BCUT2D eigenvalue weighted by molar-refractivity contribution is 6.29. The van der Waals surface area contributed by atoms with E-state index in [0.717, 1.165) is 0 Å². The van der Waals surface area contributed by atoms with Crippen LogP contribution in [-0.4, -0.2) is 20.7 Å². The highest BCUT2D eigenvalue weighted by Crippen LogP contribution is 2.09. The Balaban J connectivity index is 2.32. The Kier molecular flexibility index (Phi) is 2.51. The second kappa shape index (κ2) is 3.82. The molecule has 0 bridgehead atoms. The van der Waals surface area contributed by atoms with Gasteiger partial charge < -0.3 is 4.98 Å². The highest BCUT2D eigenvalue weighted by Gasteiger charge is 2.11. The normalized spacial score (nSPS) is 10.3. The largest absolute Gasteiger partial charge is 0.340 e. The van der Waals surface area contributed by atoms with Crippen molar-refractivity contribution in [3.63, 3.8) is 0 Å². The van der Waals surface area contributed by atoms with E-state index in [1.165, 1.54) is 12.4 Å². The first kappa shape index (κ1) is 9.86. The van der Waals surface area contributed by atoms with E-state index >= 15 is 0 Å². The predicted octanol–water partition coefficient (Wildman–Crippen LogP) is 2.00. The van der Waals surface area contributed by atoms with Gasteiger partial charge in [-0.15, -0.1) is 0 Å². The maximum atomic E-state index is 11.8. The van der Waals surface area contributed by atoms with E-state index < -0.39 is 0 Å². The quantitative estimate of drug-likeness (QED) is 0.623. The van der Waals surface area contributed by atoms with Crippen LogP contribution in [-0.2, 0) is 0 Å². The van der Waals surface area contributed by atoms with Gasteiger partial charge in [0.25, 0.3) is 0 Å². The zero-order chi connectivity index (χ0) is 10.8. The van der Waals surface area contributed by atoms with Crippen molar-refractivity contribution < 1.29 is 4.79 Å². The number of carbonyl (C=O) groups excluding carboxylic acids is 1. The van der Waals surface area contributed by atoms with Gasteiger partial charge in [-0.05, 0) is 19.1 Å². The number of halogens is 1. The molecule has 2 heterocycles. The minimum atomic E-state index is -0.139. The molecule has 2 aromatic heterocycles. The maximum Gasteiger partial charge on any atom is 0.212 e. The van der Waals surface area contributed by atoms with Crippen molar-refractivity contribution in [2.75, 3.05) is 0 Å². The predicted molar refractivity (Wildman–Crippen MR) is 56.0 cm³/mol. The summed E-state index contributed by atoms with van der Waals surface area (Å²) in [7, 11) is 0. The van der Waals surface area contributed by atoms with Crippen LogP contribution in [0.5, 0.6) is 0 Å². The van der Waals surface area contributed by atoms with E-state index in [9.17, 15) is 4.79 Å². The lowest BCUT2D eigenvalue weighted by Gasteiger charge is -1.96. The van der Waals surface area contributed by atoms with Crippen molar-refractivity contribution in [1.82, 2.24) is 15.0 Å². The van der Waals surface area contributed by atoms with E-state index in [2.05, 4.69) is 15.0 Å². The number of aromatic amines is 1. The Bertz CT molecular complexity index is 490. The van der Waals surface area contributed by atoms with E-state index in [1.807, 2.05) is 0 Å². The molecule has 5 heteroatoms. The molecule has 0 spiro atoms. The lowest BCUT2D eigenvalue weighted by Crippen LogP contribution is -2.02. The Morgan fingerprint density at radius 1 is 1.33 bits per heavy atom. The minimum Gasteiger partial charge on any atom is -0.340 e. The summed E-state index contributed by atoms with van der Waals surface area (Å²) in [5.41, 5.74) is 0.944. The number of carbonyl (C=O) groups is 1. The number of ketones is 1. The fourth-order valence-electron chi connectivity index (χ4n) is 1.20. The molecule has 0 saturated heterocycles. The average molecular weight is 222 g/mol. The van der Waals surface area contributed by atoms with Crippen LogP contribution in [0.25, 0.3) is 0 Å². The van der Waals surface area contributed by atoms with Crippen LogP contribution >= 0.6 is 11.6 Å². The number of nitrogens with one attached hydrogen (secondary N) is 1. The molecule has 4 nitrogen and oxygen atoms in total. The number of hydrogen-bond donors (Lipinski definition) is 1. The summed E-state index contributed by atoms with van der Waals surface area (Å²) in [6.45, 7) is 1.79. The van der Waals surface area contributed by atoms with Crippen LogP contribution in [0.15, 0.2) is 24.5 Å². The number of hydrogen-bond acceptors (Lipinski definition) is 3. The Labute approximate surface area is 91.3 Å². The zero-order valence-electron chi connectivity index (χ0n) is 7.99. The summed E-state index contributed by atoms with van der Waals surface area (Å²) in [5, 5.41) is 0.368. The molecule has 0 amide bonds. The fraction of sp³-hybridized carbons (Fsp3) is 0.100. The molecule has 15 heavy (non-hydrogen) atoms. The molecule has 2 aromatic rings. The molecule has 0 aromatic carbocycles. The van der Waals surface area contributed by atoms with E-state index in [4.69, 9.17) is 11.6 Å². The standard InChI is InChI=1S/C10H8ClN3O/c1-6-12-5-8(14-6)10(15)7-2-3-9(11)13-4-7/h2-5H,1H3,(H,12,14). The Morgan fingerprint density at radius 3 is 2.67 bits per heavy atom. The van der Waals surface area contributed by atoms with Crippen LogP contribution < -0.4 is 0 Å². The van der Waals surface area contributed by atoms with Gasteiger partial charge in [0.1, 0.15) is 16.7 Å². The van der Waals surface area contributed by atoms with E-state index in [-0.39, 0.29) is 5.78 Å². The summed E-state index contributed by atoms with van der Waals surface area (Å²) < 4.78 is 0. The SMILES string of the molecule is Cc1ncc(C(=O)c2ccc(Cl)nc2)[nH]1. The number of aryl methyl sites for hydroxylation is 1. The second-order valence-corrected chi connectivity index (χ2v) is 3.47. The summed E-state index contributed by atoms with van der Waals surface area (Å²) in [6, 6.07) is 3.21. The van der Waals surface area contributed by atoms with Gasteiger partial charge in [0.15, 0.2) is 0 Å². The number of nitrogens with zero attached hydrogens (tertiary/aromatic N) is 2. The molecule has 0 radical (unpaired) electrons. The molecule has 0 aliphatic carbocycles. The number of pyridine rings is 1. The van der Waals surface area contributed by atoms with Crippen molar-refractivity contribution in [2.45, 2.75) is 6.92 Å². The maximum absolute atomic E-state index is 11.8. The van der Waals surface area contributed by atoms with Crippen LogP contribution in [0.1, 0.15) is 21.9 Å². The first-order valence-electron chi connectivity index (χ1n) is 4.34. The molecular formula is C10H8ClN3O. The van der Waals surface area contributed by atoms with Gasteiger partial charge in [0.05, 0.1) is 6.20 Å². The molecule has 2 rings (SSSR count). The average Bonchev–Trinajstić information content (AvgIpc) is 2.65. The molecule has 0 fully saturated rings. The smallest absolute Gasteiger partial charge is 0.212 e. The van der Waals surface area contributed by atoms with Gasteiger partial charge in [-0.3, -0.25) is 4.79 Å². The molecule has 0 aliphatic rings. The lowest BCUT2D eigenvalue weighted by molar-refractivity contribution is 0.103. The van der Waals surface area contributed by atoms with Gasteiger partial charge in [-0.25, -0.2) is 9.97 Å². The van der Waals surface area contributed by atoms with Gasteiger partial charge in [0.2, 0.25) is 5.78 Å². The first-order valence-corrected chi connectivity index (χ1v) is 4.72. The first-order chi connectivity index (χ1) is 7.16. The van der Waals surface area contributed by atoms with Crippen LogP contribution in [0.4, 0.5) is 0 Å². The van der Waals surface area contributed by atoms with Gasteiger partial charge >= 0.3 is 0 Å². The lowest BCUT2D eigenvalue weighted by atomic mass is 10.1. The summed E-state index contributed by atoms with van der Waals surface area (Å²) >= 11 is 5.62. The van der Waals surface area contributed by atoms with Gasteiger partial charge in [0, 0.05) is 11.8 Å². The Hall–Kier alpha value is -1.68. The monoisotopic (exact) mass is 221 g/mol. The molecule has 1 N–H and O–H groups in total. The fourth-order valence-corrected chi connectivity index (χ4v) is 1.31. The number of rotatable bonds is 2. The van der Waals surface area contributed by atoms with Crippen molar-refractivity contribution in [3.8, 4) is 0 Å². The molecule has 0 atom stereocenters. The zero-order valence-corrected chi connectivity index (χ0v) is 8.75. The molecular weight excluding hydrogens is 214 g/mol. The Morgan fingerprint density at radius 2 is 2.13 bits per heavy atom. The van der Waals surface area contributed by atoms with Crippen molar-refractivity contribution in [1.29, 1.82) is 0 Å². The summed E-state index contributed by atoms with van der Waals surface area (Å²) in [4.78, 5) is 22.5. The van der Waals surface area contributed by atoms with E-state index in [0.29, 0.717) is 22.2 Å².